The number of hydrogen-bond acceptors (Lipinski definition) is 4. The lowest BCUT2D eigenvalue weighted by atomic mass is 9.89. The van der Waals surface area contributed by atoms with Crippen molar-refractivity contribution in [2.75, 3.05) is 13.7 Å². The Bertz CT molecular complexity index is 999. The average Bonchev–Trinajstić information content (AvgIpc) is 3.60. The molecule has 1 unspecified atom stereocenters. The summed E-state index contributed by atoms with van der Waals surface area (Å²) in [6, 6.07) is 9.29. The summed E-state index contributed by atoms with van der Waals surface area (Å²) in [6.07, 6.45) is -2.35. The van der Waals surface area contributed by atoms with Gasteiger partial charge in [-0.1, -0.05) is 24.3 Å². The number of hydrogen-bond donors (Lipinski definition) is 2. The van der Waals surface area contributed by atoms with Crippen molar-refractivity contribution in [2.24, 2.45) is 5.92 Å². The molecule has 2 aromatic carbocycles. The molecule has 3 rings (SSSR count). The molecule has 0 spiro atoms. The van der Waals surface area contributed by atoms with E-state index >= 15 is 0 Å². The fraction of sp³-hybridized carbons (Fsp3) is 0.417. The average molecular weight is 449 g/mol. The first kappa shape index (κ1) is 23.8. The molecule has 2 N–H and O–H groups in total. The van der Waals surface area contributed by atoms with Crippen molar-refractivity contribution < 1.29 is 32.6 Å². The highest BCUT2D eigenvalue weighted by Crippen LogP contribution is 2.43. The van der Waals surface area contributed by atoms with Crippen molar-refractivity contribution in [3.63, 3.8) is 0 Å². The van der Waals surface area contributed by atoms with E-state index in [2.05, 4.69) is 5.32 Å². The quantitative estimate of drug-likeness (QED) is 0.498. The number of carboxylic acids is 1. The number of aliphatic carboxylic acids is 1. The summed E-state index contributed by atoms with van der Waals surface area (Å²) in [5.41, 5.74) is 0.479. The SMILES string of the molecule is COc1cc(C(F)(F)F)c(C(C)C(=O)O)cc1-c1ccccc1CNCCC(=O)C1CC1. The predicted molar refractivity (Wildman–Crippen MR) is 114 cm³/mol. The summed E-state index contributed by atoms with van der Waals surface area (Å²) in [4.78, 5) is 23.4. The Morgan fingerprint density at radius 2 is 1.88 bits per heavy atom. The number of carbonyl (C=O) groups is 2. The van der Waals surface area contributed by atoms with E-state index < -0.39 is 23.6 Å². The molecule has 0 aromatic heterocycles. The molecule has 5 nitrogen and oxygen atoms in total. The molecule has 1 saturated carbocycles. The van der Waals surface area contributed by atoms with Crippen LogP contribution in [0, 0.1) is 5.92 Å². The molecular formula is C24H26F3NO4. The number of rotatable bonds is 10. The Kier molecular flexibility index (Phi) is 7.23. The highest BCUT2D eigenvalue weighted by Gasteiger charge is 2.37. The van der Waals surface area contributed by atoms with E-state index in [0.717, 1.165) is 24.5 Å². The van der Waals surface area contributed by atoms with Crippen LogP contribution in [0.25, 0.3) is 11.1 Å². The van der Waals surface area contributed by atoms with Gasteiger partial charge in [-0.2, -0.15) is 13.2 Å². The summed E-state index contributed by atoms with van der Waals surface area (Å²) in [5, 5.41) is 12.6. The van der Waals surface area contributed by atoms with Crippen LogP contribution in [0.2, 0.25) is 0 Å². The van der Waals surface area contributed by atoms with E-state index in [0.29, 0.717) is 30.6 Å². The van der Waals surface area contributed by atoms with Gasteiger partial charge in [0.05, 0.1) is 18.6 Å². The molecule has 2 aromatic rings. The zero-order valence-electron chi connectivity index (χ0n) is 18.0. The fourth-order valence-electron chi connectivity index (χ4n) is 3.69. The monoisotopic (exact) mass is 449 g/mol. The summed E-state index contributed by atoms with van der Waals surface area (Å²) >= 11 is 0. The normalized spacial score (nSPS) is 14.8. The first-order chi connectivity index (χ1) is 15.1. The van der Waals surface area contributed by atoms with Gasteiger partial charge in [0.15, 0.2) is 0 Å². The highest BCUT2D eigenvalue weighted by atomic mass is 19.4. The van der Waals surface area contributed by atoms with Crippen LogP contribution in [-0.4, -0.2) is 30.5 Å². The second kappa shape index (κ2) is 9.73. The van der Waals surface area contributed by atoms with Crippen LogP contribution in [0.1, 0.15) is 48.8 Å². The van der Waals surface area contributed by atoms with Gasteiger partial charge in [-0.25, -0.2) is 0 Å². The van der Waals surface area contributed by atoms with Crippen LogP contribution in [0.5, 0.6) is 5.75 Å². The molecule has 1 aliphatic carbocycles. The second-order valence-corrected chi connectivity index (χ2v) is 8.02. The molecule has 32 heavy (non-hydrogen) atoms. The summed E-state index contributed by atoms with van der Waals surface area (Å²) in [7, 11) is 1.28. The molecule has 0 bridgehead atoms. The largest absolute Gasteiger partial charge is 0.496 e. The van der Waals surface area contributed by atoms with Gasteiger partial charge in [-0.05, 0) is 48.6 Å². The van der Waals surface area contributed by atoms with Crippen molar-refractivity contribution in [3.05, 3.63) is 53.1 Å². The van der Waals surface area contributed by atoms with Gasteiger partial charge < -0.3 is 15.2 Å². The lowest BCUT2D eigenvalue weighted by Gasteiger charge is -2.21. The number of Topliss-reactive ketones (excluding diaryl/α,β-unsaturated/α-hetero) is 1. The van der Waals surface area contributed by atoms with Gasteiger partial charge in [-0.3, -0.25) is 9.59 Å². The predicted octanol–water partition coefficient (Wildman–Crippen LogP) is 5.03. The van der Waals surface area contributed by atoms with Gasteiger partial charge in [0, 0.05) is 31.0 Å². The Hall–Kier alpha value is -2.87. The van der Waals surface area contributed by atoms with Crippen LogP contribution < -0.4 is 10.1 Å². The zero-order valence-corrected chi connectivity index (χ0v) is 18.0. The molecule has 0 aliphatic heterocycles. The van der Waals surface area contributed by atoms with E-state index in [1.54, 1.807) is 12.1 Å². The smallest absolute Gasteiger partial charge is 0.416 e. The van der Waals surface area contributed by atoms with E-state index in [1.807, 2.05) is 12.1 Å². The number of carbonyl (C=O) groups excluding carboxylic acids is 1. The minimum atomic E-state index is -4.72. The molecule has 1 aliphatic rings. The van der Waals surface area contributed by atoms with Gasteiger partial charge in [0.1, 0.15) is 11.5 Å². The standard InChI is InChI=1S/C24H26F3NO4/c1-14(23(30)31)18-11-19(22(32-2)12-20(18)24(25,26)27)17-6-4-3-5-16(17)13-28-10-9-21(29)15-7-8-15/h3-6,11-12,14-15,28H,7-10,13H2,1-2H3,(H,30,31). The Balaban J connectivity index is 1.95. The third-order valence-electron chi connectivity index (χ3n) is 5.72. The van der Waals surface area contributed by atoms with Gasteiger partial charge in [0.2, 0.25) is 0 Å². The minimum absolute atomic E-state index is 0.00928. The van der Waals surface area contributed by atoms with Crippen molar-refractivity contribution in [1.29, 1.82) is 0 Å². The molecule has 0 amide bonds. The topological polar surface area (TPSA) is 75.6 Å². The Labute approximate surface area is 184 Å². The van der Waals surface area contributed by atoms with Crippen LogP contribution in [0.3, 0.4) is 0 Å². The third kappa shape index (κ3) is 5.48. The summed E-state index contributed by atoms with van der Waals surface area (Å²) in [6.45, 7) is 2.14. The number of carboxylic acid groups (broad SMARTS) is 1. The van der Waals surface area contributed by atoms with Crippen molar-refractivity contribution in [2.45, 2.75) is 44.8 Å². The zero-order chi connectivity index (χ0) is 23.5. The number of ketones is 1. The van der Waals surface area contributed by atoms with Gasteiger partial charge in [-0.15, -0.1) is 0 Å². The van der Waals surface area contributed by atoms with Crippen molar-refractivity contribution >= 4 is 11.8 Å². The van der Waals surface area contributed by atoms with Crippen LogP contribution in [-0.2, 0) is 22.3 Å². The van der Waals surface area contributed by atoms with Crippen LogP contribution >= 0.6 is 0 Å². The van der Waals surface area contributed by atoms with E-state index in [4.69, 9.17) is 4.74 Å². The number of halogens is 3. The van der Waals surface area contributed by atoms with E-state index in [1.165, 1.54) is 20.1 Å². The fourth-order valence-corrected chi connectivity index (χ4v) is 3.69. The molecular weight excluding hydrogens is 423 g/mol. The van der Waals surface area contributed by atoms with Gasteiger partial charge in [0.25, 0.3) is 0 Å². The lowest BCUT2D eigenvalue weighted by molar-refractivity contribution is -0.141. The number of methoxy groups -OCH3 is 1. The Morgan fingerprint density at radius 1 is 1.19 bits per heavy atom. The number of ether oxygens (including phenoxy) is 1. The first-order valence-electron chi connectivity index (χ1n) is 10.5. The highest BCUT2D eigenvalue weighted by molar-refractivity contribution is 5.83. The Morgan fingerprint density at radius 3 is 2.47 bits per heavy atom. The molecule has 0 saturated heterocycles. The minimum Gasteiger partial charge on any atom is -0.496 e. The first-order valence-corrected chi connectivity index (χ1v) is 10.5. The molecule has 8 heteroatoms. The molecule has 172 valence electrons. The lowest BCUT2D eigenvalue weighted by Crippen LogP contribution is -2.19. The van der Waals surface area contributed by atoms with E-state index in [9.17, 15) is 27.9 Å². The van der Waals surface area contributed by atoms with Gasteiger partial charge >= 0.3 is 12.1 Å². The van der Waals surface area contributed by atoms with Crippen LogP contribution in [0.15, 0.2) is 36.4 Å². The maximum atomic E-state index is 13.6. The molecule has 1 atom stereocenters. The number of alkyl halides is 3. The molecule has 1 fully saturated rings. The summed E-state index contributed by atoms with van der Waals surface area (Å²) < 4.78 is 46.2. The second-order valence-electron chi connectivity index (χ2n) is 8.02. The number of nitrogens with one attached hydrogen (secondary N) is 1. The molecule has 0 heterocycles. The summed E-state index contributed by atoms with van der Waals surface area (Å²) in [5.74, 6) is -2.23. The third-order valence-corrected chi connectivity index (χ3v) is 5.72. The molecule has 0 radical (unpaired) electrons. The van der Waals surface area contributed by atoms with E-state index in [-0.39, 0.29) is 23.0 Å². The van der Waals surface area contributed by atoms with Crippen molar-refractivity contribution in [3.8, 4) is 16.9 Å². The van der Waals surface area contributed by atoms with Crippen LogP contribution in [0.4, 0.5) is 13.2 Å². The maximum Gasteiger partial charge on any atom is 0.416 e. The van der Waals surface area contributed by atoms with Crippen molar-refractivity contribution in [1.82, 2.24) is 5.32 Å². The maximum absolute atomic E-state index is 13.6. The number of benzene rings is 2.